The minimum absolute atomic E-state index is 0.00417. The largest absolute Gasteiger partial charge is 0.459 e. The third kappa shape index (κ3) is 5.30. The zero-order valence-corrected chi connectivity index (χ0v) is 26.6. The van der Waals surface area contributed by atoms with Gasteiger partial charge in [0.05, 0.1) is 11.0 Å². The number of thiophene rings is 1. The van der Waals surface area contributed by atoms with Crippen LogP contribution in [0.1, 0.15) is 68.3 Å². The average Bonchev–Trinajstić information content (AvgIpc) is 3.75. The Balaban J connectivity index is 1.36. The number of carbonyl (C=O) groups excluding carboxylic acids is 1. The van der Waals surface area contributed by atoms with Crippen LogP contribution in [-0.4, -0.2) is 87.2 Å². The maximum absolute atomic E-state index is 12.3. The Labute approximate surface area is 261 Å². The Morgan fingerprint density at radius 2 is 2.14 bits per heavy atom. The summed E-state index contributed by atoms with van der Waals surface area (Å²) in [6.45, 7) is 12.5. The Morgan fingerprint density at radius 1 is 1.32 bits per heavy atom. The highest BCUT2D eigenvalue weighted by Crippen LogP contribution is 2.48. The second kappa shape index (κ2) is 11.8. The molecule has 6 rings (SSSR count). The van der Waals surface area contributed by atoms with Crippen LogP contribution < -0.4 is 15.4 Å². The topological polar surface area (TPSA) is 151 Å². The van der Waals surface area contributed by atoms with Gasteiger partial charge in [-0.2, -0.15) is 20.2 Å². The van der Waals surface area contributed by atoms with E-state index in [1.807, 2.05) is 13.0 Å². The first-order valence-corrected chi connectivity index (χ1v) is 16.0. The van der Waals surface area contributed by atoms with E-state index in [0.29, 0.717) is 53.4 Å². The van der Waals surface area contributed by atoms with Crippen LogP contribution in [0.2, 0.25) is 0 Å². The zero-order chi connectivity index (χ0) is 31.2. The molecule has 2 aliphatic heterocycles. The fourth-order valence-electron chi connectivity index (χ4n) is 6.99. The number of anilines is 2. The lowest BCUT2D eigenvalue weighted by Gasteiger charge is -2.40. The summed E-state index contributed by atoms with van der Waals surface area (Å²) in [5.41, 5.74) is 7.47. The van der Waals surface area contributed by atoms with Crippen LogP contribution in [0.3, 0.4) is 0 Å². The number of piperazine rings is 1. The molecule has 1 amide bonds. The number of ether oxygens (including phenoxy) is 1. The summed E-state index contributed by atoms with van der Waals surface area (Å²) in [5, 5.41) is 14.8. The van der Waals surface area contributed by atoms with Gasteiger partial charge in [-0.15, -0.1) is 11.3 Å². The molecule has 0 aromatic carbocycles. The molecule has 232 valence electrons. The smallest absolute Gasteiger partial charge is 0.319 e. The van der Waals surface area contributed by atoms with Crippen molar-refractivity contribution in [2.75, 3.05) is 43.9 Å². The van der Waals surface area contributed by atoms with Crippen molar-refractivity contribution in [2.45, 2.75) is 76.5 Å². The summed E-state index contributed by atoms with van der Waals surface area (Å²) in [6, 6.07) is 4.66. The predicted molar refractivity (Wildman–Crippen MR) is 167 cm³/mol. The third-order valence-corrected chi connectivity index (χ3v) is 10.5. The molecule has 2 fully saturated rings. The molecule has 13 heteroatoms. The molecule has 4 atom stereocenters. The average molecular weight is 618 g/mol. The number of rotatable bonds is 7. The molecule has 1 aliphatic carbocycles. The minimum Gasteiger partial charge on any atom is -0.459 e. The van der Waals surface area contributed by atoms with Crippen molar-refractivity contribution in [3.63, 3.8) is 0 Å². The highest BCUT2D eigenvalue weighted by Gasteiger charge is 2.43. The molecular formula is C31H39N9O3S. The standard InChI is InChI=1S/C31H39N9O3S/c1-6-25(41)39-13-14-40(18(2)17-39)24-15-21(34-30(35-24)42-19(3)22-9-8-12-38(22)5)28-36-29(43-37-28)31(4)11-7-10-23-26(31)20(16-32)27(33)44-23/h6,15,18-19,22H,1,7-14,17,33H2,2-5H3/t18-,19-,22-,31-/m0/s1. The molecule has 0 unspecified atom stereocenters. The number of nitriles is 1. The van der Waals surface area contributed by atoms with Crippen LogP contribution in [0.5, 0.6) is 6.01 Å². The highest BCUT2D eigenvalue weighted by molar-refractivity contribution is 7.16. The van der Waals surface area contributed by atoms with Gasteiger partial charge in [0, 0.05) is 48.2 Å². The van der Waals surface area contributed by atoms with Crippen molar-refractivity contribution in [1.29, 1.82) is 5.26 Å². The molecule has 0 spiro atoms. The maximum Gasteiger partial charge on any atom is 0.319 e. The number of nitrogens with two attached hydrogens (primary N) is 1. The molecule has 2 N–H and O–H groups in total. The van der Waals surface area contributed by atoms with E-state index in [4.69, 9.17) is 29.9 Å². The number of carbonyl (C=O) groups is 1. The lowest BCUT2D eigenvalue weighted by Crippen LogP contribution is -2.53. The molecule has 3 aromatic heterocycles. The number of fused-ring (bicyclic) bond motifs is 1. The normalized spacial score (nSPS) is 24.5. The lowest BCUT2D eigenvalue weighted by atomic mass is 9.72. The number of nitrogens with zero attached hydrogens (tertiary/aromatic N) is 8. The molecule has 44 heavy (non-hydrogen) atoms. The monoisotopic (exact) mass is 617 g/mol. The van der Waals surface area contributed by atoms with Gasteiger partial charge in [-0.1, -0.05) is 11.7 Å². The van der Waals surface area contributed by atoms with E-state index in [1.165, 1.54) is 17.4 Å². The first-order chi connectivity index (χ1) is 21.1. The Bertz CT molecular complexity index is 1610. The van der Waals surface area contributed by atoms with E-state index in [1.54, 1.807) is 4.90 Å². The van der Waals surface area contributed by atoms with Crippen molar-refractivity contribution in [2.24, 2.45) is 0 Å². The summed E-state index contributed by atoms with van der Waals surface area (Å²) in [4.78, 5) is 34.1. The van der Waals surface area contributed by atoms with Crippen LogP contribution in [0.15, 0.2) is 23.2 Å². The maximum atomic E-state index is 12.3. The van der Waals surface area contributed by atoms with Crippen molar-refractivity contribution in [3.8, 4) is 23.6 Å². The second-order valence-corrected chi connectivity index (χ2v) is 13.4. The molecule has 2 saturated heterocycles. The summed E-state index contributed by atoms with van der Waals surface area (Å²) in [7, 11) is 2.11. The van der Waals surface area contributed by atoms with E-state index in [0.717, 1.165) is 49.1 Å². The van der Waals surface area contributed by atoms with Gasteiger partial charge in [0.25, 0.3) is 0 Å². The van der Waals surface area contributed by atoms with Gasteiger partial charge in [-0.05, 0) is 72.5 Å². The molecule has 3 aromatic rings. The first kappa shape index (κ1) is 30.0. The van der Waals surface area contributed by atoms with Crippen LogP contribution in [-0.2, 0) is 16.6 Å². The Hall–Kier alpha value is -4.02. The molecule has 3 aliphatic rings. The van der Waals surface area contributed by atoms with E-state index in [-0.39, 0.29) is 30.1 Å². The fraction of sp³-hybridized carbons (Fsp3) is 0.548. The third-order valence-electron chi connectivity index (χ3n) is 9.39. The second-order valence-electron chi connectivity index (χ2n) is 12.3. The van der Waals surface area contributed by atoms with Gasteiger partial charge in [0.1, 0.15) is 28.7 Å². The molecular weight excluding hydrogens is 578 g/mol. The van der Waals surface area contributed by atoms with Crippen LogP contribution in [0.4, 0.5) is 10.8 Å². The quantitative estimate of drug-likeness (QED) is 0.386. The summed E-state index contributed by atoms with van der Waals surface area (Å²) in [6.07, 6.45) is 5.96. The Morgan fingerprint density at radius 3 is 2.84 bits per heavy atom. The van der Waals surface area contributed by atoms with Gasteiger partial charge in [0.15, 0.2) is 0 Å². The summed E-state index contributed by atoms with van der Waals surface area (Å²) >= 11 is 1.47. The number of likely N-dealkylation sites (N-methyl/N-ethyl adjacent to an activating group) is 1. The SMILES string of the molecule is C=CC(=O)N1CCN(c2cc(-c3noc([C@@]4(C)CCCc5sc(N)c(C#N)c54)n3)nc(O[C@@H](C)[C@@H]3CCCN3C)n2)[C@@H](C)C1. The summed E-state index contributed by atoms with van der Waals surface area (Å²) in [5.74, 6) is 1.34. The molecule has 0 bridgehead atoms. The number of aryl methyl sites for hydroxylation is 1. The van der Waals surface area contributed by atoms with Crippen molar-refractivity contribution in [1.82, 2.24) is 29.9 Å². The number of likely N-dealkylation sites (tertiary alicyclic amines) is 1. The lowest BCUT2D eigenvalue weighted by molar-refractivity contribution is -0.126. The molecule has 5 heterocycles. The van der Waals surface area contributed by atoms with Crippen molar-refractivity contribution in [3.05, 3.63) is 40.6 Å². The van der Waals surface area contributed by atoms with E-state index >= 15 is 0 Å². The summed E-state index contributed by atoms with van der Waals surface area (Å²) < 4.78 is 12.3. The molecule has 0 radical (unpaired) electrons. The van der Waals surface area contributed by atoms with Crippen LogP contribution >= 0.6 is 11.3 Å². The van der Waals surface area contributed by atoms with Gasteiger partial charge >= 0.3 is 6.01 Å². The number of hydrogen-bond donors (Lipinski definition) is 1. The predicted octanol–water partition coefficient (Wildman–Crippen LogP) is 3.77. The van der Waals surface area contributed by atoms with Crippen molar-refractivity contribution >= 4 is 28.1 Å². The molecule has 0 saturated carbocycles. The zero-order valence-electron chi connectivity index (χ0n) is 25.7. The number of aromatic nitrogens is 4. The molecule has 12 nitrogen and oxygen atoms in total. The number of hydrogen-bond acceptors (Lipinski definition) is 12. The van der Waals surface area contributed by atoms with Crippen LogP contribution in [0.25, 0.3) is 11.5 Å². The Kier molecular flexibility index (Phi) is 8.06. The van der Waals surface area contributed by atoms with Gasteiger partial charge < -0.3 is 24.8 Å². The van der Waals surface area contributed by atoms with Crippen molar-refractivity contribution < 1.29 is 14.1 Å². The highest BCUT2D eigenvalue weighted by atomic mass is 32.1. The van der Waals surface area contributed by atoms with Gasteiger partial charge in [-0.25, -0.2) is 0 Å². The number of nitrogen functional groups attached to an aromatic ring is 1. The van der Waals surface area contributed by atoms with Crippen LogP contribution in [0, 0.1) is 11.3 Å². The first-order valence-electron chi connectivity index (χ1n) is 15.2. The van der Waals surface area contributed by atoms with Gasteiger partial charge in [0.2, 0.25) is 17.6 Å². The minimum atomic E-state index is -0.642. The van der Waals surface area contributed by atoms with E-state index in [2.05, 4.69) is 48.5 Å². The number of amides is 1. The van der Waals surface area contributed by atoms with E-state index < -0.39 is 5.41 Å². The fourth-order valence-corrected chi connectivity index (χ4v) is 8.18. The van der Waals surface area contributed by atoms with E-state index in [9.17, 15) is 10.1 Å². The van der Waals surface area contributed by atoms with Gasteiger partial charge in [-0.3, -0.25) is 9.69 Å².